The first-order valence-electron chi connectivity index (χ1n) is 15.4. The number of carbonyl (C=O) groups excluding carboxylic acids is 2. The number of hydrogen-bond donors (Lipinski definition) is 0. The van der Waals surface area contributed by atoms with Gasteiger partial charge in [0.25, 0.3) is 5.56 Å². The van der Waals surface area contributed by atoms with E-state index >= 15 is 0 Å². The summed E-state index contributed by atoms with van der Waals surface area (Å²) >= 11 is 1.23. The van der Waals surface area contributed by atoms with Gasteiger partial charge < -0.3 is 14.2 Å². The highest BCUT2D eigenvalue weighted by Gasteiger charge is 2.33. The number of thiazole rings is 1. The summed E-state index contributed by atoms with van der Waals surface area (Å²) in [6.45, 7) is 5.86. The minimum Gasteiger partial charge on any atom is -0.497 e. The second-order valence-electron chi connectivity index (χ2n) is 11.6. The van der Waals surface area contributed by atoms with Crippen LogP contribution in [0.5, 0.6) is 5.75 Å². The molecule has 1 aliphatic heterocycles. The van der Waals surface area contributed by atoms with E-state index in [-0.39, 0.29) is 23.7 Å². The van der Waals surface area contributed by atoms with Crippen molar-refractivity contribution in [3.8, 4) is 22.7 Å². The van der Waals surface area contributed by atoms with E-state index in [0.717, 1.165) is 16.8 Å². The largest absolute Gasteiger partial charge is 0.497 e. The summed E-state index contributed by atoms with van der Waals surface area (Å²) in [6, 6.07) is 23.1. The van der Waals surface area contributed by atoms with Crippen molar-refractivity contribution < 1.29 is 23.8 Å². The molecule has 10 nitrogen and oxygen atoms in total. The summed E-state index contributed by atoms with van der Waals surface area (Å²) in [4.78, 5) is 45.3. The highest BCUT2D eigenvalue weighted by Crippen LogP contribution is 2.31. The fraction of sp³-hybridized carbons (Fsp3) is 0.216. The van der Waals surface area contributed by atoms with E-state index in [9.17, 15) is 14.4 Å². The van der Waals surface area contributed by atoms with Crippen molar-refractivity contribution >= 4 is 29.4 Å². The van der Waals surface area contributed by atoms with Crippen LogP contribution in [0.3, 0.4) is 0 Å². The van der Waals surface area contributed by atoms with Gasteiger partial charge in [-0.2, -0.15) is 5.10 Å². The van der Waals surface area contributed by atoms with E-state index in [1.165, 1.54) is 23.0 Å². The van der Waals surface area contributed by atoms with Crippen LogP contribution in [0.1, 0.15) is 48.3 Å². The van der Waals surface area contributed by atoms with Crippen LogP contribution >= 0.6 is 11.3 Å². The van der Waals surface area contributed by atoms with Crippen molar-refractivity contribution in [1.29, 1.82) is 0 Å². The van der Waals surface area contributed by atoms with Crippen LogP contribution in [-0.2, 0) is 14.3 Å². The molecule has 0 radical (unpaired) electrons. The third kappa shape index (κ3) is 6.37. The van der Waals surface area contributed by atoms with E-state index in [4.69, 9.17) is 24.3 Å². The molecule has 0 saturated heterocycles. The Bertz CT molecular complexity index is 2190. The second kappa shape index (κ2) is 13.7. The smallest absolute Gasteiger partial charge is 0.338 e. The molecule has 1 aliphatic rings. The summed E-state index contributed by atoms with van der Waals surface area (Å²) in [5.74, 6) is -0.205. The Morgan fingerprint density at radius 1 is 0.958 bits per heavy atom. The average Bonchev–Trinajstić information content (AvgIpc) is 3.67. The van der Waals surface area contributed by atoms with Crippen LogP contribution < -0.4 is 19.6 Å². The highest BCUT2D eigenvalue weighted by atomic mass is 32.1. The number of hydrogen-bond acceptors (Lipinski definition) is 9. The van der Waals surface area contributed by atoms with Crippen LogP contribution in [0.25, 0.3) is 23.0 Å². The van der Waals surface area contributed by atoms with Crippen LogP contribution in [0.4, 0.5) is 0 Å². The van der Waals surface area contributed by atoms with Crippen molar-refractivity contribution in [2.75, 3.05) is 20.8 Å². The minimum absolute atomic E-state index is 0.116. The third-order valence-corrected chi connectivity index (χ3v) is 8.83. The lowest BCUT2D eigenvalue weighted by Gasteiger charge is -2.25. The zero-order chi connectivity index (χ0) is 33.9. The number of aromatic nitrogens is 3. The van der Waals surface area contributed by atoms with Crippen LogP contribution in [0.15, 0.2) is 106 Å². The SMILES string of the molecule is COC(=O)c1ccc([C@H]2C(C(=O)OCC(C)C)=C(C)N=c3s/c(=C\c4cn(-c5ccccc5)nc4-c4ccc(OC)cc4)c(=O)n32)cc1. The number of rotatable bonds is 9. The summed E-state index contributed by atoms with van der Waals surface area (Å²) in [5, 5.41) is 4.90. The van der Waals surface area contributed by atoms with Gasteiger partial charge in [-0.15, -0.1) is 0 Å². The van der Waals surface area contributed by atoms with Gasteiger partial charge in [0.15, 0.2) is 4.80 Å². The molecule has 0 amide bonds. The van der Waals surface area contributed by atoms with Crippen molar-refractivity contribution in [1.82, 2.24) is 14.3 Å². The fourth-order valence-corrected chi connectivity index (χ4v) is 6.50. The molecular formula is C37H34N4O6S. The van der Waals surface area contributed by atoms with Gasteiger partial charge in [-0.05, 0) is 73.0 Å². The molecule has 6 rings (SSSR count). The molecule has 0 N–H and O–H groups in total. The number of esters is 2. The Balaban J connectivity index is 1.52. The van der Waals surface area contributed by atoms with E-state index in [0.29, 0.717) is 37.6 Å². The van der Waals surface area contributed by atoms with Gasteiger partial charge in [0.05, 0.1) is 53.9 Å². The van der Waals surface area contributed by atoms with E-state index in [2.05, 4.69) is 0 Å². The fourth-order valence-electron chi connectivity index (χ4n) is 5.46. The molecule has 48 heavy (non-hydrogen) atoms. The van der Waals surface area contributed by atoms with Crippen LogP contribution in [0.2, 0.25) is 0 Å². The first-order chi connectivity index (χ1) is 23.2. The Morgan fingerprint density at radius 2 is 1.67 bits per heavy atom. The lowest BCUT2D eigenvalue weighted by molar-refractivity contribution is -0.140. The number of carbonyl (C=O) groups is 2. The molecule has 3 aromatic carbocycles. The van der Waals surface area contributed by atoms with Gasteiger partial charge in [-0.3, -0.25) is 9.36 Å². The summed E-state index contributed by atoms with van der Waals surface area (Å²) in [6.07, 6.45) is 3.69. The first kappa shape index (κ1) is 32.4. The molecule has 0 unspecified atom stereocenters. The number of methoxy groups -OCH3 is 2. The lowest BCUT2D eigenvalue weighted by Crippen LogP contribution is -2.40. The molecule has 0 spiro atoms. The second-order valence-corrected chi connectivity index (χ2v) is 12.6. The Labute approximate surface area is 280 Å². The third-order valence-electron chi connectivity index (χ3n) is 7.85. The Hall–Kier alpha value is -5.55. The number of nitrogens with zero attached hydrogens (tertiary/aromatic N) is 4. The minimum atomic E-state index is -0.831. The lowest BCUT2D eigenvalue weighted by atomic mass is 9.95. The average molecular weight is 663 g/mol. The molecule has 0 fully saturated rings. The predicted octanol–water partition coefficient (Wildman–Crippen LogP) is 5.08. The molecule has 0 bridgehead atoms. The van der Waals surface area contributed by atoms with Crippen molar-refractivity contribution in [3.05, 3.63) is 133 Å². The Kier molecular flexibility index (Phi) is 9.22. The molecule has 3 heterocycles. The predicted molar refractivity (Wildman–Crippen MR) is 183 cm³/mol. The summed E-state index contributed by atoms with van der Waals surface area (Å²) in [5.41, 5.74) is 4.47. The summed E-state index contributed by atoms with van der Waals surface area (Å²) < 4.78 is 19.6. The van der Waals surface area contributed by atoms with Gasteiger partial charge >= 0.3 is 11.9 Å². The molecular weight excluding hydrogens is 628 g/mol. The van der Waals surface area contributed by atoms with Crippen LogP contribution in [0, 0.1) is 5.92 Å². The maximum absolute atomic E-state index is 14.4. The maximum Gasteiger partial charge on any atom is 0.338 e. The molecule has 0 saturated carbocycles. The van der Waals surface area contributed by atoms with Gasteiger partial charge in [0.1, 0.15) is 11.4 Å². The number of allylic oxidation sites excluding steroid dienone is 1. The zero-order valence-corrected chi connectivity index (χ0v) is 28.0. The molecule has 1 atom stereocenters. The standard InChI is InChI=1S/C37H34N4O6S/c1-22(2)21-47-36(44)31-23(3)38-37-41(33(31)25-11-13-26(14-12-25)35(43)46-5)34(42)30(48-37)19-27-20-40(28-9-7-6-8-10-28)39-32(27)24-15-17-29(45-4)18-16-24/h6-20,22,33H,21H2,1-5H3/b30-19-/t33-/m0/s1. The molecule has 11 heteroatoms. The Morgan fingerprint density at radius 3 is 2.31 bits per heavy atom. The monoisotopic (exact) mass is 662 g/mol. The molecule has 2 aromatic heterocycles. The summed E-state index contributed by atoms with van der Waals surface area (Å²) in [7, 11) is 2.93. The normalized spacial score (nSPS) is 14.5. The zero-order valence-electron chi connectivity index (χ0n) is 27.2. The molecule has 244 valence electrons. The first-order valence-corrected chi connectivity index (χ1v) is 16.2. The van der Waals surface area contributed by atoms with Gasteiger partial charge in [0.2, 0.25) is 0 Å². The van der Waals surface area contributed by atoms with Gasteiger partial charge in [-0.1, -0.05) is 55.5 Å². The number of benzene rings is 3. The maximum atomic E-state index is 14.4. The quantitative estimate of drug-likeness (QED) is 0.202. The highest BCUT2D eigenvalue weighted by molar-refractivity contribution is 7.07. The number of para-hydroxylation sites is 1. The van der Waals surface area contributed by atoms with E-state index in [1.54, 1.807) is 43.0 Å². The van der Waals surface area contributed by atoms with Gasteiger partial charge in [0, 0.05) is 17.3 Å². The molecule has 0 aliphatic carbocycles. The topological polar surface area (TPSA) is 114 Å². The number of ether oxygens (including phenoxy) is 3. The van der Waals surface area contributed by atoms with Crippen molar-refractivity contribution in [2.45, 2.75) is 26.8 Å². The molecule has 5 aromatic rings. The van der Waals surface area contributed by atoms with Crippen molar-refractivity contribution in [3.63, 3.8) is 0 Å². The van der Waals surface area contributed by atoms with Crippen molar-refractivity contribution in [2.24, 2.45) is 10.9 Å². The van der Waals surface area contributed by atoms with E-state index in [1.807, 2.05) is 80.7 Å². The van der Waals surface area contributed by atoms with E-state index < -0.39 is 18.0 Å². The van der Waals surface area contributed by atoms with Gasteiger partial charge in [-0.25, -0.2) is 19.3 Å². The number of fused-ring (bicyclic) bond motifs is 1. The van der Waals surface area contributed by atoms with Crippen LogP contribution in [-0.4, -0.2) is 47.1 Å².